The van der Waals surface area contributed by atoms with Crippen LogP contribution < -0.4 is 5.73 Å². The van der Waals surface area contributed by atoms with Crippen molar-refractivity contribution in [1.29, 1.82) is 0 Å². The number of nitrogens with two attached hydrogens (primary N) is 1. The van der Waals surface area contributed by atoms with Crippen molar-refractivity contribution in [2.24, 2.45) is 11.7 Å². The Labute approximate surface area is 127 Å². The highest BCUT2D eigenvalue weighted by Gasteiger charge is 2.28. The van der Waals surface area contributed by atoms with Crippen LogP contribution in [0.25, 0.3) is 0 Å². The van der Waals surface area contributed by atoms with Crippen molar-refractivity contribution in [2.45, 2.75) is 24.8 Å². The molecule has 1 aliphatic heterocycles. The third-order valence-electron chi connectivity index (χ3n) is 4.18. The van der Waals surface area contributed by atoms with Gasteiger partial charge >= 0.3 is 0 Å². The van der Waals surface area contributed by atoms with Gasteiger partial charge in [0.1, 0.15) is 0 Å². The van der Waals surface area contributed by atoms with Gasteiger partial charge in [-0.15, -0.1) is 0 Å². The van der Waals surface area contributed by atoms with Crippen molar-refractivity contribution in [2.75, 3.05) is 33.7 Å². The first-order valence-electron chi connectivity index (χ1n) is 7.29. The number of rotatable bonds is 5. The molecule has 0 amide bonds. The van der Waals surface area contributed by atoms with Crippen LogP contribution in [0.15, 0.2) is 23.1 Å². The predicted octanol–water partition coefficient (Wildman–Crippen LogP) is 1.03. The average Bonchev–Trinajstić information content (AvgIpc) is 2.84. The van der Waals surface area contributed by atoms with Crippen molar-refractivity contribution in [3.8, 4) is 0 Å². The van der Waals surface area contributed by atoms with Crippen LogP contribution >= 0.6 is 0 Å². The molecule has 1 saturated heterocycles. The Morgan fingerprint density at radius 3 is 2.71 bits per heavy atom. The minimum Gasteiger partial charge on any atom is -0.326 e. The molecule has 118 valence electrons. The van der Waals surface area contributed by atoms with Crippen LogP contribution in [0.1, 0.15) is 17.5 Å². The molecule has 0 aromatic heterocycles. The second-order valence-electron chi connectivity index (χ2n) is 6.01. The molecule has 5 nitrogen and oxygen atoms in total. The van der Waals surface area contributed by atoms with E-state index >= 15 is 0 Å². The van der Waals surface area contributed by atoms with Gasteiger partial charge in [-0.2, -0.15) is 0 Å². The quantitative estimate of drug-likeness (QED) is 0.882. The molecule has 1 unspecified atom stereocenters. The maximum absolute atomic E-state index is 12.8. The van der Waals surface area contributed by atoms with E-state index in [1.54, 1.807) is 13.1 Å². The molecule has 1 atom stereocenters. The van der Waals surface area contributed by atoms with E-state index in [1.807, 2.05) is 19.1 Å². The van der Waals surface area contributed by atoms with E-state index in [1.165, 1.54) is 4.31 Å². The molecule has 0 radical (unpaired) electrons. The van der Waals surface area contributed by atoms with Crippen LogP contribution in [0.4, 0.5) is 0 Å². The van der Waals surface area contributed by atoms with Gasteiger partial charge in [0.25, 0.3) is 0 Å². The largest absolute Gasteiger partial charge is 0.326 e. The van der Waals surface area contributed by atoms with Crippen molar-refractivity contribution in [1.82, 2.24) is 9.21 Å². The SMILES string of the molecule is Cc1ccc(CN)cc1S(=O)(=O)N(C)CC1CCN(C)C1. The Bertz CT molecular complexity index is 601. The van der Waals surface area contributed by atoms with Crippen LogP contribution in [-0.4, -0.2) is 51.4 Å². The topological polar surface area (TPSA) is 66.6 Å². The number of nitrogens with zero attached hydrogens (tertiary/aromatic N) is 2. The van der Waals surface area contributed by atoms with Gasteiger partial charge in [-0.05, 0) is 50.0 Å². The highest BCUT2D eigenvalue weighted by molar-refractivity contribution is 7.89. The summed E-state index contributed by atoms with van der Waals surface area (Å²) < 4.78 is 27.0. The summed E-state index contributed by atoms with van der Waals surface area (Å²) in [6.45, 7) is 4.74. The third kappa shape index (κ3) is 3.63. The fourth-order valence-electron chi connectivity index (χ4n) is 2.85. The molecule has 0 saturated carbocycles. The predicted molar refractivity (Wildman–Crippen MR) is 84.5 cm³/mol. The summed E-state index contributed by atoms with van der Waals surface area (Å²) in [5, 5.41) is 0. The molecule has 0 aliphatic carbocycles. The zero-order valence-electron chi connectivity index (χ0n) is 13.0. The molecular weight excluding hydrogens is 286 g/mol. The molecule has 2 rings (SSSR count). The lowest BCUT2D eigenvalue weighted by atomic mass is 10.1. The summed E-state index contributed by atoms with van der Waals surface area (Å²) in [7, 11) is 0.294. The highest BCUT2D eigenvalue weighted by Crippen LogP contribution is 2.23. The van der Waals surface area contributed by atoms with E-state index < -0.39 is 10.0 Å². The normalized spacial score (nSPS) is 20.3. The molecule has 1 aliphatic rings. The van der Waals surface area contributed by atoms with Gasteiger partial charge < -0.3 is 10.6 Å². The highest BCUT2D eigenvalue weighted by atomic mass is 32.2. The van der Waals surface area contributed by atoms with Crippen LogP contribution in [0.3, 0.4) is 0 Å². The molecule has 0 bridgehead atoms. The standard InChI is InChI=1S/C15H25N3O2S/c1-12-4-5-13(9-16)8-15(12)21(19,20)18(3)11-14-6-7-17(2)10-14/h4-5,8,14H,6-7,9-11,16H2,1-3H3. The second kappa shape index (κ2) is 6.44. The van der Waals surface area contributed by atoms with E-state index in [4.69, 9.17) is 5.73 Å². The van der Waals surface area contributed by atoms with Crippen molar-refractivity contribution in [3.63, 3.8) is 0 Å². The Balaban J connectivity index is 2.20. The van der Waals surface area contributed by atoms with Gasteiger partial charge in [-0.25, -0.2) is 12.7 Å². The van der Waals surface area contributed by atoms with Crippen LogP contribution in [0.5, 0.6) is 0 Å². The van der Waals surface area contributed by atoms with Crippen molar-refractivity contribution in [3.05, 3.63) is 29.3 Å². The first-order chi connectivity index (χ1) is 9.84. The smallest absolute Gasteiger partial charge is 0.243 e. The van der Waals surface area contributed by atoms with E-state index in [0.717, 1.165) is 30.6 Å². The van der Waals surface area contributed by atoms with Gasteiger partial charge in [-0.3, -0.25) is 0 Å². The molecule has 1 heterocycles. The molecule has 21 heavy (non-hydrogen) atoms. The fraction of sp³-hybridized carbons (Fsp3) is 0.600. The molecule has 1 aromatic carbocycles. The molecule has 1 fully saturated rings. The lowest BCUT2D eigenvalue weighted by molar-refractivity contribution is 0.356. The van der Waals surface area contributed by atoms with E-state index in [-0.39, 0.29) is 0 Å². The monoisotopic (exact) mass is 311 g/mol. The van der Waals surface area contributed by atoms with Crippen molar-refractivity contribution < 1.29 is 8.42 Å². The molecular formula is C15H25N3O2S. The van der Waals surface area contributed by atoms with E-state index in [9.17, 15) is 8.42 Å². The lowest BCUT2D eigenvalue weighted by Crippen LogP contribution is -2.33. The number of aryl methyl sites for hydroxylation is 1. The van der Waals surface area contributed by atoms with Crippen LogP contribution in [-0.2, 0) is 16.6 Å². The summed E-state index contributed by atoms with van der Waals surface area (Å²) in [5.74, 6) is 0.410. The van der Waals surface area contributed by atoms with Crippen LogP contribution in [0, 0.1) is 12.8 Å². The zero-order chi connectivity index (χ0) is 15.6. The number of sulfonamides is 1. The number of hydrogen-bond donors (Lipinski definition) is 1. The van der Waals surface area contributed by atoms with Gasteiger partial charge in [0, 0.05) is 26.7 Å². The fourth-order valence-corrected chi connectivity index (χ4v) is 4.37. The number of benzene rings is 1. The van der Waals surface area contributed by atoms with E-state index in [0.29, 0.717) is 23.9 Å². The lowest BCUT2D eigenvalue weighted by Gasteiger charge is -2.22. The molecule has 1 aromatic rings. The summed E-state index contributed by atoms with van der Waals surface area (Å²) in [4.78, 5) is 2.62. The first-order valence-corrected chi connectivity index (χ1v) is 8.73. The third-order valence-corrected chi connectivity index (χ3v) is 6.15. The first kappa shape index (κ1) is 16.4. The minimum atomic E-state index is -3.45. The Morgan fingerprint density at radius 1 is 1.43 bits per heavy atom. The van der Waals surface area contributed by atoms with Gasteiger partial charge in [0.05, 0.1) is 4.90 Å². The van der Waals surface area contributed by atoms with Gasteiger partial charge in [-0.1, -0.05) is 12.1 Å². The molecule has 6 heteroatoms. The molecule has 0 spiro atoms. The van der Waals surface area contributed by atoms with E-state index in [2.05, 4.69) is 11.9 Å². The summed E-state index contributed by atoms with van der Waals surface area (Å²) in [6, 6.07) is 5.40. The van der Waals surface area contributed by atoms with Crippen LogP contribution in [0.2, 0.25) is 0 Å². The summed E-state index contributed by atoms with van der Waals surface area (Å²) >= 11 is 0. The van der Waals surface area contributed by atoms with Crippen molar-refractivity contribution >= 4 is 10.0 Å². The second-order valence-corrected chi connectivity index (χ2v) is 8.02. The number of hydrogen-bond acceptors (Lipinski definition) is 4. The number of likely N-dealkylation sites (tertiary alicyclic amines) is 1. The molecule has 2 N–H and O–H groups in total. The minimum absolute atomic E-state index is 0.347. The Morgan fingerprint density at radius 2 is 2.14 bits per heavy atom. The summed E-state index contributed by atoms with van der Waals surface area (Å²) in [6.07, 6.45) is 1.05. The van der Waals surface area contributed by atoms with Gasteiger partial charge in [0.2, 0.25) is 10.0 Å². The Hall–Kier alpha value is -0.950. The average molecular weight is 311 g/mol. The Kier molecular flexibility index (Phi) is 5.03. The van der Waals surface area contributed by atoms with Gasteiger partial charge in [0.15, 0.2) is 0 Å². The zero-order valence-corrected chi connectivity index (χ0v) is 13.9. The maximum Gasteiger partial charge on any atom is 0.243 e. The maximum atomic E-state index is 12.8. The summed E-state index contributed by atoms with van der Waals surface area (Å²) in [5.41, 5.74) is 7.23.